The lowest BCUT2D eigenvalue weighted by Gasteiger charge is -2.47. The molecule has 2 aliphatic rings. The van der Waals surface area contributed by atoms with Crippen LogP contribution in [-0.2, 0) is 10.2 Å². The minimum atomic E-state index is -0.444. The first-order valence-corrected chi connectivity index (χ1v) is 5.97. The highest BCUT2D eigenvalue weighted by molar-refractivity contribution is 5.89. The topological polar surface area (TPSA) is 81.1 Å². The van der Waals surface area contributed by atoms with E-state index in [0.29, 0.717) is 11.1 Å². The molecule has 0 aromatic heterocycles. The second-order valence-corrected chi connectivity index (χ2v) is 5.53. The Bertz CT molecular complexity index is 471. The highest BCUT2D eigenvalue weighted by Gasteiger charge is 2.64. The van der Waals surface area contributed by atoms with E-state index in [1.54, 1.807) is 0 Å². The van der Waals surface area contributed by atoms with Gasteiger partial charge in [-0.15, -0.1) is 0 Å². The minimum absolute atomic E-state index is 0.0828. The van der Waals surface area contributed by atoms with E-state index in [1.165, 1.54) is 12.8 Å². The average molecular weight is 231 g/mol. The van der Waals surface area contributed by atoms with Gasteiger partial charge < -0.3 is 5.73 Å². The summed E-state index contributed by atoms with van der Waals surface area (Å²) in [5.74, 6) is 5.24. The third-order valence-electron chi connectivity index (χ3n) is 4.32. The van der Waals surface area contributed by atoms with Gasteiger partial charge in [0.05, 0.1) is 5.41 Å². The summed E-state index contributed by atoms with van der Waals surface area (Å²) in [4.78, 5) is 12.1. The van der Waals surface area contributed by atoms with Crippen molar-refractivity contribution in [2.24, 2.45) is 11.3 Å². The summed E-state index contributed by atoms with van der Waals surface area (Å²) in [6.07, 6.45) is 4.31. The molecular weight excluding hydrogens is 214 g/mol. The molecule has 0 radical (unpaired) electrons. The number of rotatable bonds is 2. The van der Waals surface area contributed by atoms with Crippen molar-refractivity contribution in [3.63, 3.8) is 0 Å². The first kappa shape index (κ1) is 10.6. The maximum atomic E-state index is 12.1. The Morgan fingerprint density at radius 1 is 1.29 bits per heavy atom. The van der Waals surface area contributed by atoms with Gasteiger partial charge in [0.25, 0.3) is 0 Å². The Morgan fingerprint density at radius 3 is 2.53 bits per heavy atom. The molecule has 5 N–H and O–H groups in total. The maximum Gasteiger partial charge on any atom is 0.244 e. The number of carbonyl (C=O) groups is 1. The molecule has 17 heavy (non-hydrogen) atoms. The third kappa shape index (κ3) is 1.44. The van der Waals surface area contributed by atoms with Gasteiger partial charge in [0.2, 0.25) is 5.91 Å². The Morgan fingerprint density at radius 2 is 2.00 bits per heavy atom. The molecule has 0 bridgehead atoms. The molecular formula is C13H17N3O. The van der Waals surface area contributed by atoms with Gasteiger partial charge in [-0.2, -0.15) is 0 Å². The summed E-state index contributed by atoms with van der Waals surface area (Å²) in [6, 6.07) is 7.60. The van der Waals surface area contributed by atoms with E-state index in [4.69, 9.17) is 11.6 Å². The quantitative estimate of drug-likeness (QED) is 0.308. The Hall–Kier alpha value is -1.55. The van der Waals surface area contributed by atoms with Gasteiger partial charge >= 0.3 is 0 Å². The molecule has 4 heteroatoms. The summed E-state index contributed by atoms with van der Waals surface area (Å²) in [6.45, 7) is 0. The largest absolute Gasteiger partial charge is 0.399 e. The number of nitrogens with two attached hydrogens (primary N) is 2. The monoisotopic (exact) mass is 231 g/mol. The molecule has 1 spiro atoms. The number of benzene rings is 1. The van der Waals surface area contributed by atoms with E-state index in [-0.39, 0.29) is 5.91 Å². The Kier molecular flexibility index (Phi) is 2.01. The SMILES string of the molecule is NNC(=O)C1(c2cccc(N)c2)CC2(CC2)C1. The summed E-state index contributed by atoms with van der Waals surface area (Å²) in [5.41, 5.74) is 9.79. The van der Waals surface area contributed by atoms with E-state index in [9.17, 15) is 4.79 Å². The van der Waals surface area contributed by atoms with Gasteiger partial charge in [-0.3, -0.25) is 10.2 Å². The van der Waals surface area contributed by atoms with Crippen LogP contribution >= 0.6 is 0 Å². The van der Waals surface area contributed by atoms with Gasteiger partial charge in [-0.05, 0) is 48.8 Å². The molecule has 2 aliphatic carbocycles. The highest BCUT2D eigenvalue weighted by atomic mass is 16.2. The van der Waals surface area contributed by atoms with Crippen LogP contribution in [0.1, 0.15) is 31.2 Å². The maximum absolute atomic E-state index is 12.1. The van der Waals surface area contributed by atoms with E-state index in [0.717, 1.165) is 18.4 Å². The molecule has 0 unspecified atom stereocenters. The number of nitrogen functional groups attached to an aromatic ring is 1. The first-order valence-electron chi connectivity index (χ1n) is 5.97. The van der Waals surface area contributed by atoms with Crippen molar-refractivity contribution < 1.29 is 4.79 Å². The second-order valence-electron chi connectivity index (χ2n) is 5.53. The molecule has 0 aliphatic heterocycles. The summed E-state index contributed by atoms with van der Waals surface area (Å²) in [7, 11) is 0. The molecule has 90 valence electrons. The summed E-state index contributed by atoms with van der Waals surface area (Å²) in [5, 5.41) is 0. The molecule has 2 fully saturated rings. The van der Waals surface area contributed by atoms with Gasteiger partial charge in [0, 0.05) is 5.69 Å². The number of anilines is 1. The number of hydrazine groups is 1. The normalized spacial score (nSPS) is 22.9. The second kappa shape index (κ2) is 3.23. The van der Waals surface area contributed by atoms with Crippen LogP contribution in [0, 0.1) is 5.41 Å². The zero-order valence-electron chi connectivity index (χ0n) is 9.70. The smallest absolute Gasteiger partial charge is 0.244 e. The average Bonchev–Trinajstić information content (AvgIpc) is 3.05. The highest BCUT2D eigenvalue weighted by Crippen LogP contribution is 2.69. The van der Waals surface area contributed by atoms with Crippen LogP contribution < -0.4 is 17.0 Å². The molecule has 2 saturated carbocycles. The number of carbonyl (C=O) groups excluding carboxylic acids is 1. The standard InChI is InChI=1S/C13H17N3O/c14-10-3-1-2-9(6-10)13(11(17)16-15)7-12(8-13)4-5-12/h1-3,6H,4-5,7-8,14-15H2,(H,16,17). The fraction of sp³-hybridized carbons (Fsp3) is 0.462. The molecule has 1 amide bonds. The van der Waals surface area contributed by atoms with Crippen molar-refractivity contribution in [3.8, 4) is 0 Å². The number of hydrogen-bond acceptors (Lipinski definition) is 3. The van der Waals surface area contributed by atoms with Crippen LogP contribution in [0.3, 0.4) is 0 Å². The number of amides is 1. The van der Waals surface area contributed by atoms with E-state index in [1.807, 2.05) is 24.3 Å². The summed E-state index contributed by atoms with van der Waals surface area (Å²) >= 11 is 0. The van der Waals surface area contributed by atoms with Crippen LogP contribution in [0.25, 0.3) is 0 Å². The van der Waals surface area contributed by atoms with Crippen LogP contribution in [0.4, 0.5) is 5.69 Å². The van der Waals surface area contributed by atoms with Crippen LogP contribution in [0.5, 0.6) is 0 Å². The van der Waals surface area contributed by atoms with Crippen molar-refractivity contribution in [2.45, 2.75) is 31.1 Å². The van der Waals surface area contributed by atoms with Crippen LogP contribution in [0.2, 0.25) is 0 Å². The molecule has 0 saturated heterocycles. The van der Waals surface area contributed by atoms with Gasteiger partial charge in [0.15, 0.2) is 0 Å². The predicted molar refractivity (Wildman–Crippen MR) is 65.8 cm³/mol. The minimum Gasteiger partial charge on any atom is -0.399 e. The molecule has 3 rings (SSSR count). The molecule has 0 heterocycles. The van der Waals surface area contributed by atoms with Gasteiger partial charge in [-0.25, -0.2) is 5.84 Å². The number of hydrogen-bond donors (Lipinski definition) is 3. The van der Waals surface area contributed by atoms with Crippen molar-refractivity contribution in [1.82, 2.24) is 5.43 Å². The first-order chi connectivity index (χ1) is 8.10. The zero-order chi connectivity index (χ0) is 12.1. The number of nitrogens with one attached hydrogen (secondary N) is 1. The van der Waals surface area contributed by atoms with Gasteiger partial charge in [-0.1, -0.05) is 12.1 Å². The van der Waals surface area contributed by atoms with Crippen molar-refractivity contribution in [3.05, 3.63) is 29.8 Å². The molecule has 0 atom stereocenters. The van der Waals surface area contributed by atoms with E-state index in [2.05, 4.69) is 5.43 Å². The summed E-state index contributed by atoms with van der Waals surface area (Å²) < 4.78 is 0. The fourth-order valence-electron chi connectivity index (χ4n) is 3.23. The lowest BCUT2D eigenvalue weighted by molar-refractivity contribution is -0.133. The molecule has 4 nitrogen and oxygen atoms in total. The fourth-order valence-corrected chi connectivity index (χ4v) is 3.23. The van der Waals surface area contributed by atoms with Crippen LogP contribution in [-0.4, -0.2) is 5.91 Å². The van der Waals surface area contributed by atoms with Crippen molar-refractivity contribution in [1.29, 1.82) is 0 Å². The lowest BCUT2D eigenvalue weighted by atomic mass is 9.56. The van der Waals surface area contributed by atoms with E-state index < -0.39 is 5.41 Å². The zero-order valence-corrected chi connectivity index (χ0v) is 9.70. The lowest BCUT2D eigenvalue weighted by Crippen LogP contribution is -2.55. The molecule has 1 aromatic rings. The van der Waals surface area contributed by atoms with Crippen LogP contribution in [0.15, 0.2) is 24.3 Å². The van der Waals surface area contributed by atoms with Gasteiger partial charge in [0.1, 0.15) is 0 Å². The Labute approximate surface area is 100 Å². The predicted octanol–water partition coefficient (Wildman–Crippen LogP) is 1.07. The third-order valence-corrected chi connectivity index (χ3v) is 4.32. The van der Waals surface area contributed by atoms with Crippen molar-refractivity contribution in [2.75, 3.05) is 5.73 Å². The Balaban J connectivity index is 1.97. The van der Waals surface area contributed by atoms with E-state index >= 15 is 0 Å². The molecule has 1 aromatic carbocycles. The van der Waals surface area contributed by atoms with Crippen molar-refractivity contribution >= 4 is 11.6 Å².